The van der Waals surface area contributed by atoms with Gasteiger partial charge in [-0.3, -0.25) is 9.80 Å². The molecule has 1 heterocycles. The molecule has 1 fully saturated rings. The van der Waals surface area contributed by atoms with Gasteiger partial charge in [0.15, 0.2) is 0 Å². The number of aliphatic hydroxyl groups excluding tert-OH is 1. The lowest BCUT2D eigenvalue weighted by atomic mass is 9.95. The minimum absolute atomic E-state index is 0.123. The van der Waals surface area contributed by atoms with Gasteiger partial charge >= 0.3 is 0 Å². The Morgan fingerprint density at radius 1 is 0.958 bits per heavy atom. The third kappa shape index (κ3) is 8.23. The van der Waals surface area contributed by atoms with Crippen LogP contribution in [-0.4, -0.2) is 91.5 Å². The van der Waals surface area contributed by atoms with Crippen LogP contribution in [0.15, 0.2) is 0 Å². The minimum atomic E-state index is 0.123. The highest BCUT2D eigenvalue weighted by molar-refractivity contribution is 4.88. The summed E-state index contributed by atoms with van der Waals surface area (Å²) in [6, 6.07) is 0. The van der Waals surface area contributed by atoms with E-state index in [1.165, 1.54) is 0 Å². The first-order valence-corrected chi connectivity index (χ1v) is 9.55. The Hall–Kier alpha value is -0.240. The summed E-state index contributed by atoms with van der Waals surface area (Å²) in [6.07, 6.45) is 2.21. The van der Waals surface area contributed by atoms with Crippen molar-refractivity contribution >= 4 is 0 Å². The van der Waals surface area contributed by atoms with E-state index in [0.29, 0.717) is 6.54 Å². The Labute approximate surface area is 149 Å². The summed E-state index contributed by atoms with van der Waals surface area (Å²) in [5, 5.41) is 15.8. The van der Waals surface area contributed by atoms with Crippen LogP contribution in [0.25, 0.3) is 0 Å². The summed E-state index contributed by atoms with van der Waals surface area (Å²) in [5.41, 5.74) is 6.01. The van der Waals surface area contributed by atoms with Crippen molar-refractivity contribution in [2.24, 2.45) is 5.73 Å². The van der Waals surface area contributed by atoms with E-state index in [9.17, 15) is 0 Å². The summed E-state index contributed by atoms with van der Waals surface area (Å²) < 4.78 is 0. The molecule has 144 valence electrons. The maximum absolute atomic E-state index is 8.80. The molecule has 0 spiro atoms. The molecule has 0 aromatic heterocycles. The topological polar surface area (TPSA) is 76.8 Å². The van der Waals surface area contributed by atoms with Crippen LogP contribution in [-0.2, 0) is 0 Å². The molecule has 6 heteroatoms. The van der Waals surface area contributed by atoms with Crippen LogP contribution in [0.3, 0.4) is 0 Å². The summed E-state index contributed by atoms with van der Waals surface area (Å²) >= 11 is 0. The van der Waals surface area contributed by atoms with Crippen molar-refractivity contribution in [3.05, 3.63) is 0 Å². The highest BCUT2D eigenvalue weighted by Gasteiger charge is 2.30. The van der Waals surface area contributed by atoms with Crippen LogP contribution in [0.1, 0.15) is 40.5 Å². The Morgan fingerprint density at radius 3 is 2.21 bits per heavy atom. The van der Waals surface area contributed by atoms with Gasteiger partial charge in [0.1, 0.15) is 0 Å². The Balaban J connectivity index is 2.27. The quantitative estimate of drug-likeness (QED) is 0.376. The van der Waals surface area contributed by atoms with Gasteiger partial charge in [0.25, 0.3) is 0 Å². The molecule has 0 atom stereocenters. The molecule has 0 aromatic rings. The van der Waals surface area contributed by atoms with E-state index >= 15 is 0 Å². The maximum Gasteiger partial charge on any atom is 0.0555 e. The fraction of sp³-hybridized carbons (Fsp3) is 1.00. The first kappa shape index (κ1) is 21.8. The molecular formula is C18H41N5O. The number of aliphatic hydroxyl groups is 1. The van der Waals surface area contributed by atoms with Gasteiger partial charge in [-0.2, -0.15) is 0 Å². The Morgan fingerprint density at radius 2 is 1.62 bits per heavy atom. The average molecular weight is 344 g/mol. The highest BCUT2D eigenvalue weighted by Crippen LogP contribution is 2.21. The number of piperazine rings is 1. The standard InChI is InChI=1S/C18H41N5O/c1-17(2,5-8-20-10-16-24)21-9-6-18(3,4)23-14-12-22(11-7-19)13-15-23/h20-21,24H,5-16,19H2,1-4H3. The minimum Gasteiger partial charge on any atom is -0.395 e. The molecule has 5 N–H and O–H groups in total. The highest BCUT2D eigenvalue weighted by atomic mass is 16.3. The third-order valence-corrected chi connectivity index (χ3v) is 5.23. The molecule has 0 saturated carbocycles. The molecule has 0 unspecified atom stereocenters. The van der Waals surface area contributed by atoms with Crippen molar-refractivity contribution in [1.29, 1.82) is 0 Å². The Kier molecular flexibility index (Phi) is 9.71. The van der Waals surface area contributed by atoms with E-state index in [4.69, 9.17) is 10.8 Å². The predicted octanol–water partition coefficient (Wildman–Crippen LogP) is 0.0716. The first-order chi connectivity index (χ1) is 11.3. The molecule has 24 heavy (non-hydrogen) atoms. The molecule has 0 radical (unpaired) electrons. The van der Waals surface area contributed by atoms with Crippen molar-refractivity contribution < 1.29 is 5.11 Å². The van der Waals surface area contributed by atoms with Crippen LogP contribution in [0, 0.1) is 0 Å². The number of rotatable bonds is 12. The number of hydrogen-bond acceptors (Lipinski definition) is 6. The first-order valence-electron chi connectivity index (χ1n) is 9.55. The summed E-state index contributed by atoms with van der Waals surface area (Å²) in [5.74, 6) is 0. The smallest absolute Gasteiger partial charge is 0.0555 e. The van der Waals surface area contributed by atoms with E-state index in [1.54, 1.807) is 0 Å². The molecule has 1 rings (SSSR count). The predicted molar refractivity (Wildman–Crippen MR) is 102 cm³/mol. The molecule has 0 aromatic carbocycles. The lowest BCUT2D eigenvalue weighted by Crippen LogP contribution is -2.56. The normalized spacial score (nSPS) is 18.2. The fourth-order valence-corrected chi connectivity index (χ4v) is 3.32. The van der Waals surface area contributed by atoms with E-state index in [1.807, 2.05) is 0 Å². The molecule has 0 bridgehead atoms. The van der Waals surface area contributed by atoms with Crippen LogP contribution >= 0.6 is 0 Å². The molecular weight excluding hydrogens is 302 g/mol. The summed E-state index contributed by atoms with van der Waals surface area (Å²) in [4.78, 5) is 5.09. The second-order valence-corrected chi connectivity index (χ2v) is 8.21. The van der Waals surface area contributed by atoms with E-state index in [0.717, 1.165) is 65.2 Å². The van der Waals surface area contributed by atoms with Gasteiger partial charge in [-0.15, -0.1) is 0 Å². The van der Waals surface area contributed by atoms with Gasteiger partial charge in [-0.05, 0) is 53.6 Å². The van der Waals surface area contributed by atoms with E-state index in [-0.39, 0.29) is 17.7 Å². The molecule has 1 saturated heterocycles. The second kappa shape index (κ2) is 10.7. The van der Waals surface area contributed by atoms with Crippen LogP contribution in [0.5, 0.6) is 0 Å². The molecule has 1 aliphatic rings. The zero-order valence-corrected chi connectivity index (χ0v) is 16.4. The number of hydrogen-bond donors (Lipinski definition) is 4. The Bertz CT molecular complexity index is 327. The summed E-state index contributed by atoms with van der Waals surface area (Å²) in [6.45, 7) is 18.4. The molecule has 0 aliphatic carbocycles. The van der Waals surface area contributed by atoms with Gasteiger partial charge in [-0.1, -0.05) is 0 Å². The zero-order chi connectivity index (χ0) is 18.1. The second-order valence-electron chi connectivity index (χ2n) is 8.21. The average Bonchev–Trinajstić information content (AvgIpc) is 2.52. The number of nitrogens with one attached hydrogen (secondary N) is 2. The van der Waals surface area contributed by atoms with Crippen molar-refractivity contribution in [2.45, 2.75) is 51.6 Å². The van der Waals surface area contributed by atoms with Gasteiger partial charge in [-0.25, -0.2) is 0 Å². The largest absolute Gasteiger partial charge is 0.395 e. The third-order valence-electron chi connectivity index (χ3n) is 5.23. The zero-order valence-electron chi connectivity index (χ0n) is 16.4. The van der Waals surface area contributed by atoms with Gasteiger partial charge in [0.2, 0.25) is 0 Å². The van der Waals surface area contributed by atoms with Crippen molar-refractivity contribution in [3.8, 4) is 0 Å². The van der Waals surface area contributed by atoms with Crippen LogP contribution in [0.2, 0.25) is 0 Å². The van der Waals surface area contributed by atoms with Crippen molar-refractivity contribution in [3.63, 3.8) is 0 Å². The SMILES string of the molecule is CC(C)(CCNCCO)NCCC(C)(C)N1CCN(CCN)CC1. The van der Waals surface area contributed by atoms with Gasteiger partial charge in [0, 0.05) is 56.9 Å². The molecule has 6 nitrogen and oxygen atoms in total. The van der Waals surface area contributed by atoms with E-state index < -0.39 is 0 Å². The van der Waals surface area contributed by atoms with Crippen LogP contribution < -0.4 is 16.4 Å². The van der Waals surface area contributed by atoms with Crippen molar-refractivity contribution in [2.75, 3.05) is 65.5 Å². The van der Waals surface area contributed by atoms with Crippen molar-refractivity contribution in [1.82, 2.24) is 20.4 Å². The monoisotopic (exact) mass is 343 g/mol. The van der Waals surface area contributed by atoms with Gasteiger partial charge in [0.05, 0.1) is 6.61 Å². The fourth-order valence-electron chi connectivity index (χ4n) is 3.32. The number of nitrogens with zero attached hydrogens (tertiary/aromatic N) is 2. The summed E-state index contributed by atoms with van der Waals surface area (Å²) in [7, 11) is 0. The lowest BCUT2D eigenvalue weighted by molar-refractivity contribution is 0.0475. The van der Waals surface area contributed by atoms with Crippen LogP contribution in [0.4, 0.5) is 0 Å². The maximum atomic E-state index is 8.80. The molecule has 0 amide bonds. The van der Waals surface area contributed by atoms with Gasteiger partial charge < -0.3 is 21.5 Å². The molecule has 1 aliphatic heterocycles. The number of nitrogens with two attached hydrogens (primary N) is 1. The lowest BCUT2D eigenvalue weighted by Gasteiger charge is -2.44. The van der Waals surface area contributed by atoms with E-state index in [2.05, 4.69) is 48.1 Å².